The molecular weight excluding hydrogens is 196 g/mol. The molecule has 0 bridgehead atoms. The molecule has 2 nitrogen and oxygen atoms in total. The van der Waals surface area contributed by atoms with Gasteiger partial charge in [0.1, 0.15) is 0 Å². The van der Waals surface area contributed by atoms with E-state index in [0.29, 0.717) is 5.41 Å². The van der Waals surface area contributed by atoms with Crippen molar-refractivity contribution >= 4 is 0 Å². The van der Waals surface area contributed by atoms with E-state index >= 15 is 0 Å². The standard InChI is InChI=1S/C14H30N2/c1-5-16(4)12-14(8-6-7-9-14)11-15-10-13(2)3/h13,15H,5-12H2,1-4H3. The Morgan fingerprint density at radius 1 is 1.25 bits per heavy atom. The molecule has 1 rings (SSSR count). The molecule has 1 saturated carbocycles. The largest absolute Gasteiger partial charge is 0.316 e. The van der Waals surface area contributed by atoms with Gasteiger partial charge in [-0.05, 0) is 44.3 Å². The van der Waals surface area contributed by atoms with E-state index in [0.717, 1.165) is 12.5 Å². The van der Waals surface area contributed by atoms with E-state index in [2.05, 4.69) is 38.0 Å². The first kappa shape index (κ1) is 14.0. The first-order valence-electron chi connectivity index (χ1n) is 6.97. The summed E-state index contributed by atoms with van der Waals surface area (Å²) in [5.41, 5.74) is 0.569. The molecule has 1 aliphatic rings. The molecule has 16 heavy (non-hydrogen) atoms. The second kappa shape index (κ2) is 6.61. The predicted molar refractivity (Wildman–Crippen MR) is 71.8 cm³/mol. The Labute approximate surface area is 102 Å². The molecule has 0 amide bonds. The van der Waals surface area contributed by atoms with Crippen LogP contribution in [0, 0.1) is 11.3 Å². The van der Waals surface area contributed by atoms with Gasteiger partial charge in [0, 0.05) is 13.1 Å². The van der Waals surface area contributed by atoms with Crippen molar-refractivity contribution in [3.8, 4) is 0 Å². The summed E-state index contributed by atoms with van der Waals surface area (Å²) in [5.74, 6) is 0.766. The molecule has 1 fully saturated rings. The third kappa shape index (κ3) is 4.42. The maximum absolute atomic E-state index is 3.67. The molecule has 0 unspecified atom stereocenters. The minimum atomic E-state index is 0.569. The van der Waals surface area contributed by atoms with Crippen LogP contribution in [0.15, 0.2) is 0 Å². The Hall–Kier alpha value is -0.0800. The van der Waals surface area contributed by atoms with Crippen LogP contribution in [0.2, 0.25) is 0 Å². The van der Waals surface area contributed by atoms with E-state index in [9.17, 15) is 0 Å². The normalized spacial score (nSPS) is 19.9. The molecule has 0 radical (unpaired) electrons. The lowest BCUT2D eigenvalue weighted by molar-refractivity contribution is 0.176. The van der Waals surface area contributed by atoms with Gasteiger partial charge in [-0.25, -0.2) is 0 Å². The Morgan fingerprint density at radius 3 is 2.38 bits per heavy atom. The van der Waals surface area contributed by atoms with Crippen LogP contribution in [0.25, 0.3) is 0 Å². The molecule has 0 atom stereocenters. The summed E-state index contributed by atoms with van der Waals surface area (Å²) in [5, 5.41) is 3.67. The third-order valence-corrected chi connectivity index (χ3v) is 3.86. The number of rotatable bonds is 7. The molecule has 0 aliphatic heterocycles. The topological polar surface area (TPSA) is 15.3 Å². The first-order chi connectivity index (χ1) is 7.58. The van der Waals surface area contributed by atoms with E-state index in [1.54, 1.807) is 0 Å². The third-order valence-electron chi connectivity index (χ3n) is 3.86. The first-order valence-corrected chi connectivity index (χ1v) is 6.97. The van der Waals surface area contributed by atoms with E-state index in [4.69, 9.17) is 0 Å². The highest BCUT2D eigenvalue weighted by Crippen LogP contribution is 2.38. The van der Waals surface area contributed by atoms with Gasteiger partial charge in [0.15, 0.2) is 0 Å². The van der Waals surface area contributed by atoms with Crippen LogP contribution in [-0.4, -0.2) is 38.1 Å². The molecule has 0 aromatic rings. The Morgan fingerprint density at radius 2 is 1.88 bits per heavy atom. The van der Waals surface area contributed by atoms with E-state index in [1.807, 2.05) is 0 Å². The second-order valence-corrected chi connectivity index (χ2v) is 6.06. The van der Waals surface area contributed by atoms with Crippen LogP contribution in [0.5, 0.6) is 0 Å². The van der Waals surface area contributed by atoms with E-state index in [1.165, 1.54) is 45.3 Å². The van der Waals surface area contributed by atoms with Crippen molar-refractivity contribution in [3.63, 3.8) is 0 Å². The average molecular weight is 226 g/mol. The van der Waals surface area contributed by atoms with Crippen molar-refractivity contribution in [1.29, 1.82) is 0 Å². The predicted octanol–water partition coefficient (Wildman–Crippen LogP) is 2.74. The molecule has 2 heteroatoms. The molecule has 0 aromatic carbocycles. The lowest BCUT2D eigenvalue weighted by Gasteiger charge is -2.33. The molecule has 1 N–H and O–H groups in total. The molecule has 0 heterocycles. The van der Waals surface area contributed by atoms with Crippen LogP contribution in [0.3, 0.4) is 0 Å². The summed E-state index contributed by atoms with van der Waals surface area (Å²) in [6.07, 6.45) is 5.70. The van der Waals surface area contributed by atoms with Crippen LogP contribution in [-0.2, 0) is 0 Å². The van der Waals surface area contributed by atoms with Crippen LogP contribution < -0.4 is 5.32 Å². The van der Waals surface area contributed by atoms with Crippen molar-refractivity contribution in [2.75, 3.05) is 33.2 Å². The van der Waals surface area contributed by atoms with Gasteiger partial charge in [-0.2, -0.15) is 0 Å². The Kier molecular flexibility index (Phi) is 5.77. The summed E-state index contributed by atoms with van der Waals surface area (Å²) in [4.78, 5) is 2.47. The summed E-state index contributed by atoms with van der Waals surface area (Å²) in [6.45, 7) is 11.6. The fourth-order valence-electron chi connectivity index (χ4n) is 2.83. The molecular formula is C14H30N2. The SMILES string of the molecule is CCN(C)CC1(CNCC(C)C)CCCC1. The molecule has 96 valence electrons. The zero-order valence-electron chi connectivity index (χ0n) is 11.7. The van der Waals surface area contributed by atoms with Crippen LogP contribution >= 0.6 is 0 Å². The van der Waals surface area contributed by atoms with Gasteiger partial charge in [-0.1, -0.05) is 33.6 Å². The molecule has 0 spiro atoms. The average Bonchev–Trinajstić information content (AvgIpc) is 2.66. The smallest absolute Gasteiger partial charge is 0.00470 e. The second-order valence-electron chi connectivity index (χ2n) is 6.06. The summed E-state index contributed by atoms with van der Waals surface area (Å²) >= 11 is 0. The highest BCUT2D eigenvalue weighted by atomic mass is 15.1. The number of nitrogens with zero attached hydrogens (tertiary/aromatic N) is 1. The quantitative estimate of drug-likeness (QED) is 0.718. The van der Waals surface area contributed by atoms with Gasteiger partial charge in [0.05, 0.1) is 0 Å². The van der Waals surface area contributed by atoms with Crippen molar-refractivity contribution in [2.24, 2.45) is 11.3 Å². The van der Waals surface area contributed by atoms with Gasteiger partial charge in [0.25, 0.3) is 0 Å². The zero-order chi connectivity index (χ0) is 12.0. The van der Waals surface area contributed by atoms with Gasteiger partial charge < -0.3 is 10.2 Å². The Bertz CT molecular complexity index is 183. The van der Waals surface area contributed by atoms with Gasteiger partial charge in [-0.15, -0.1) is 0 Å². The highest BCUT2D eigenvalue weighted by Gasteiger charge is 2.34. The van der Waals surface area contributed by atoms with E-state index < -0.39 is 0 Å². The summed E-state index contributed by atoms with van der Waals surface area (Å²) < 4.78 is 0. The van der Waals surface area contributed by atoms with Crippen molar-refractivity contribution in [2.45, 2.75) is 46.5 Å². The van der Waals surface area contributed by atoms with Crippen molar-refractivity contribution in [1.82, 2.24) is 10.2 Å². The monoisotopic (exact) mass is 226 g/mol. The minimum absolute atomic E-state index is 0.569. The number of hydrogen-bond donors (Lipinski definition) is 1. The fraction of sp³-hybridized carbons (Fsp3) is 1.00. The van der Waals surface area contributed by atoms with Crippen LogP contribution in [0.1, 0.15) is 46.5 Å². The van der Waals surface area contributed by atoms with Crippen molar-refractivity contribution < 1.29 is 0 Å². The molecule has 0 aromatic heterocycles. The maximum atomic E-state index is 3.67. The summed E-state index contributed by atoms with van der Waals surface area (Å²) in [7, 11) is 2.25. The minimum Gasteiger partial charge on any atom is -0.316 e. The molecule has 0 saturated heterocycles. The summed E-state index contributed by atoms with van der Waals surface area (Å²) in [6, 6.07) is 0. The number of hydrogen-bond acceptors (Lipinski definition) is 2. The van der Waals surface area contributed by atoms with Gasteiger partial charge >= 0.3 is 0 Å². The highest BCUT2D eigenvalue weighted by molar-refractivity contribution is 4.88. The lowest BCUT2D eigenvalue weighted by Crippen LogP contribution is -2.42. The maximum Gasteiger partial charge on any atom is 0.00470 e. The van der Waals surface area contributed by atoms with Crippen LogP contribution in [0.4, 0.5) is 0 Å². The van der Waals surface area contributed by atoms with E-state index in [-0.39, 0.29) is 0 Å². The Balaban J connectivity index is 2.39. The van der Waals surface area contributed by atoms with Crippen molar-refractivity contribution in [3.05, 3.63) is 0 Å². The van der Waals surface area contributed by atoms with Gasteiger partial charge in [-0.3, -0.25) is 0 Å². The molecule has 1 aliphatic carbocycles. The number of nitrogens with one attached hydrogen (secondary N) is 1. The van der Waals surface area contributed by atoms with Gasteiger partial charge in [0.2, 0.25) is 0 Å². The zero-order valence-corrected chi connectivity index (χ0v) is 11.7. The lowest BCUT2D eigenvalue weighted by atomic mass is 9.85. The fourth-order valence-corrected chi connectivity index (χ4v) is 2.83.